The van der Waals surface area contributed by atoms with Gasteiger partial charge in [-0.25, -0.2) is 0 Å². The Morgan fingerprint density at radius 1 is 1.85 bits per heavy atom. The van der Waals surface area contributed by atoms with E-state index in [1.807, 2.05) is 6.92 Å². The molecule has 0 unspecified atom stereocenters. The van der Waals surface area contributed by atoms with Gasteiger partial charge in [-0.3, -0.25) is 14.8 Å². The molecule has 0 N–H and O–H groups in total. The molecule has 0 amide bonds. The first kappa shape index (κ1) is 9.44. The second-order valence-corrected chi connectivity index (χ2v) is 2.67. The van der Waals surface area contributed by atoms with Crippen molar-refractivity contribution in [1.29, 1.82) is 0 Å². The first-order chi connectivity index (χ1) is 6.13. The Kier molecular flexibility index (Phi) is 2.79. The Labute approximate surface area is 75.8 Å². The summed E-state index contributed by atoms with van der Waals surface area (Å²) in [4.78, 5) is 9.88. The van der Waals surface area contributed by atoms with Crippen molar-refractivity contribution in [2.45, 2.75) is 20.4 Å². The number of rotatable bonds is 3. The molecule has 5 nitrogen and oxygen atoms in total. The Morgan fingerprint density at radius 2 is 2.54 bits per heavy atom. The van der Waals surface area contributed by atoms with E-state index in [-0.39, 0.29) is 5.70 Å². The van der Waals surface area contributed by atoms with Gasteiger partial charge in [0.15, 0.2) is 0 Å². The number of nitrogens with zero attached hydrogens (tertiary/aromatic N) is 3. The molecular weight excluding hydrogens is 170 g/mol. The third kappa shape index (κ3) is 2.40. The first-order valence-electron chi connectivity index (χ1n) is 3.98. The van der Waals surface area contributed by atoms with Gasteiger partial charge in [-0.15, -0.1) is 0 Å². The minimum absolute atomic E-state index is 0.121. The van der Waals surface area contributed by atoms with Crippen LogP contribution in [0.4, 0.5) is 0 Å². The van der Waals surface area contributed by atoms with Crippen LogP contribution in [0.15, 0.2) is 18.1 Å². The van der Waals surface area contributed by atoms with E-state index in [9.17, 15) is 10.1 Å². The van der Waals surface area contributed by atoms with Crippen molar-refractivity contribution >= 4 is 6.08 Å². The molecule has 0 saturated heterocycles. The molecule has 0 aliphatic carbocycles. The summed E-state index contributed by atoms with van der Waals surface area (Å²) >= 11 is 0. The molecule has 0 saturated carbocycles. The van der Waals surface area contributed by atoms with Crippen molar-refractivity contribution in [1.82, 2.24) is 9.78 Å². The van der Waals surface area contributed by atoms with Crippen LogP contribution in [0.5, 0.6) is 0 Å². The number of hydrogen-bond donors (Lipinski definition) is 0. The van der Waals surface area contributed by atoms with Gasteiger partial charge in [0.2, 0.25) is 5.70 Å². The van der Waals surface area contributed by atoms with Crippen LogP contribution < -0.4 is 0 Å². The monoisotopic (exact) mass is 181 g/mol. The molecule has 1 aromatic heterocycles. The van der Waals surface area contributed by atoms with Crippen molar-refractivity contribution in [3.8, 4) is 0 Å². The van der Waals surface area contributed by atoms with Gasteiger partial charge in [0, 0.05) is 31.3 Å². The topological polar surface area (TPSA) is 61.0 Å². The average Bonchev–Trinajstić information content (AvgIpc) is 2.52. The van der Waals surface area contributed by atoms with Crippen LogP contribution in [0, 0.1) is 10.1 Å². The van der Waals surface area contributed by atoms with Crippen LogP contribution in [0.3, 0.4) is 0 Å². The van der Waals surface area contributed by atoms with Crippen LogP contribution in [-0.2, 0) is 6.54 Å². The Balaban J connectivity index is 2.84. The van der Waals surface area contributed by atoms with E-state index in [4.69, 9.17) is 0 Å². The predicted molar refractivity (Wildman–Crippen MR) is 48.5 cm³/mol. The molecule has 0 spiro atoms. The van der Waals surface area contributed by atoms with Crippen LogP contribution in [-0.4, -0.2) is 14.7 Å². The Morgan fingerprint density at radius 3 is 3.00 bits per heavy atom. The summed E-state index contributed by atoms with van der Waals surface area (Å²) in [5.74, 6) is 0. The summed E-state index contributed by atoms with van der Waals surface area (Å²) in [6.07, 6.45) is 4.88. The standard InChI is InChI=1S/C8H11N3O2/c1-3-10-6-8(5-9-10)4-7(2)11(12)13/h4-6H,3H2,1-2H3/b7-4-. The molecule has 1 rings (SSSR count). The predicted octanol–water partition coefficient (Wildman–Crippen LogP) is 1.54. The lowest BCUT2D eigenvalue weighted by atomic mass is 10.3. The molecule has 0 atom stereocenters. The minimum Gasteiger partial charge on any atom is -0.272 e. The smallest absolute Gasteiger partial charge is 0.243 e. The fourth-order valence-electron chi connectivity index (χ4n) is 0.921. The summed E-state index contributed by atoms with van der Waals surface area (Å²) in [5, 5.41) is 14.3. The highest BCUT2D eigenvalue weighted by atomic mass is 16.6. The second-order valence-electron chi connectivity index (χ2n) is 2.67. The number of hydrogen-bond acceptors (Lipinski definition) is 3. The van der Waals surface area contributed by atoms with E-state index in [0.29, 0.717) is 0 Å². The number of aryl methyl sites for hydroxylation is 1. The molecule has 13 heavy (non-hydrogen) atoms. The van der Waals surface area contributed by atoms with Crippen molar-refractivity contribution in [3.63, 3.8) is 0 Å². The zero-order chi connectivity index (χ0) is 9.84. The number of allylic oxidation sites excluding steroid dienone is 1. The zero-order valence-electron chi connectivity index (χ0n) is 7.60. The van der Waals surface area contributed by atoms with E-state index in [0.717, 1.165) is 12.1 Å². The zero-order valence-corrected chi connectivity index (χ0v) is 7.60. The lowest BCUT2D eigenvalue weighted by molar-refractivity contribution is -0.422. The summed E-state index contributed by atoms with van der Waals surface area (Å²) < 4.78 is 1.72. The summed E-state index contributed by atoms with van der Waals surface area (Å²) in [5.41, 5.74) is 0.881. The van der Waals surface area contributed by atoms with Gasteiger partial charge in [0.25, 0.3) is 0 Å². The quantitative estimate of drug-likeness (QED) is 0.525. The molecule has 0 radical (unpaired) electrons. The fraction of sp³-hybridized carbons (Fsp3) is 0.375. The molecular formula is C8H11N3O2. The van der Waals surface area contributed by atoms with Crippen LogP contribution >= 0.6 is 0 Å². The van der Waals surface area contributed by atoms with Gasteiger partial charge in [0.1, 0.15) is 0 Å². The molecule has 0 fully saturated rings. The SMILES string of the molecule is CCn1cc(/C=C(/C)[N+](=O)[O-])cn1. The van der Waals surface area contributed by atoms with E-state index in [2.05, 4.69) is 5.10 Å². The van der Waals surface area contributed by atoms with Crippen molar-refractivity contribution in [2.24, 2.45) is 0 Å². The van der Waals surface area contributed by atoms with Gasteiger partial charge in [-0.2, -0.15) is 5.10 Å². The van der Waals surface area contributed by atoms with Crippen molar-refractivity contribution < 1.29 is 4.92 Å². The minimum atomic E-state index is -0.413. The largest absolute Gasteiger partial charge is 0.272 e. The first-order valence-corrected chi connectivity index (χ1v) is 3.98. The maximum Gasteiger partial charge on any atom is 0.243 e. The number of nitro groups is 1. The summed E-state index contributed by atoms with van der Waals surface area (Å²) in [7, 11) is 0. The third-order valence-corrected chi connectivity index (χ3v) is 1.64. The van der Waals surface area contributed by atoms with E-state index in [1.54, 1.807) is 17.1 Å². The molecule has 0 aliphatic rings. The highest BCUT2D eigenvalue weighted by Crippen LogP contribution is 2.05. The van der Waals surface area contributed by atoms with Gasteiger partial charge in [-0.1, -0.05) is 0 Å². The van der Waals surface area contributed by atoms with Gasteiger partial charge < -0.3 is 0 Å². The molecule has 1 heterocycles. The maximum absolute atomic E-state index is 10.3. The van der Waals surface area contributed by atoms with Crippen molar-refractivity contribution in [2.75, 3.05) is 0 Å². The Hall–Kier alpha value is -1.65. The van der Waals surface area contributed by atoms with Crippen molar-refractivity contribution in [3.05, 3.63) is 33.8 Å². The highest BCUT2D eigenvalue weighted by Gasteiger charge is 2.02. The average molecular weight is 181 g/mol. The third-order valence-electron chi connectivity index (χ3n) is 1.64. The highest BCUT2D eigenvalue weighted by molar-refractivity contribution is 5.48. The van der Waals surface area contributed by atoms with E-state index >= 15 is 0 Å². The summed E-state index contributed by atoms with van der Waals surface area (Å²) in [6.45, 7) is 4.19. The normalized spacial score (nSPS) is 11.7. The van der Waals surface area contributed by atoms with Gasteiger partial charge in [-0.05, 0) is 6.92 Å². The van der Waals surface area contributed by atoms with Gasteiger partial charge >= 0.3 is 0 Å². The van der Waals surface area contributed by atoms with Crippen LogP contribution in [0.25, 0.3) is 6.08 Å². The van der Waals surface area contributed by atoms with Crippen LogP contribution in [0.1, 0.15) is 19.4 Å². The maximum atomic E-state index is 10.3. The van der Waals surface area contributed by atoms with E-state index in [1.165, 1.54) is 13.0 Å². The molecule has 0 aromatic carbocycles. The summed E-state index contributed by atoms with van der Waals surface area (Å²) in [6, 6.07) is 0. The molecule has 5 heteroatoms. The lowest BCUT2D eigenvalue weighted by Gasteiger charge is -1.89. The van der Waals surface area contributed by atoms with Gasteiger partial charge in [0.05, 0.1) is 11.1 Å². The lowest BCUT2D eigenvalue weighted by Crippen LogP contribution is -1.93. The number of aromatic nitrogens is 2. The Bertz CT molecular complexity index is 341. The van der Waals surface area contributed by atoms with E-state index < -0.39 is 4.92 Å². The van der Waals surface area contributed by atoms with Crippen LogP contribution in [0.2, 0.25) is 0 Å². The second kappa shape index (κ2) is 3.84. The fourth-order valence-corrected chi connectivity index (χ4v) is 0.921. The molecule has 1 aromatic rings. The molecule has 0 aliphatic heterocycles. The molecule has 0 bridgehead atoms. The molecule has 70 valence electrons.